The number of hydrogen-bond acceptors (Lipinski definition) is 4. The first kappa shape index (κ1) is 17.8. The molecule has 0 aliphatic carbocycles. The summed E-state index contributed by atoms with van der Waals surface area (Å²) in [6.45, 7) is 10.5. The van der Waals surface area contributed by atoms with Crippen LogP contribution in [0.3, 0.4) is 0 Å². The van der Waals surface area contributed by atoms with Crippen molar-refractivity contribution in [2.45, 2.75) is 65.1 Å². The number of rotatable bonds is 3. The molecular formula is C15H29N3O3. The van der Waals surface area contributed by atoms with Crippen molar-refractivity contribution in [3.8, 4) is 0 Å². The number of nitrogens with two attached hydrogens (primary N) is 1. The fourth-order valence-corrected chi connectivity index (χ4v) is 2.27. The summed E-state index contributed by atoms with van der Waals surface area (Å²) >= 11 is 0. The summed E-state index contributed by atoms with van der Waals surface area (Å²) < 4.78 is 5.24. The molecular weight excluding hydrogens is 270 g/mol. The Morgan fingerprint density at radius 2 is 1.95 bits per heavy atom. The number of alkyl carbamates (subject to hydrolysis) is 1. The molecule has 0 aromatic carbocycles. The highest BCUT2D eigenvalue weighted by Crippen LogP contribution is 2.14. The van der Waals surface area contributed by atoms with Crippen LogP contribution < -0.4 is 11.1 Å². The molecule has 1 saturated heterocycles. The van der Waals surface area contributed by atoms with E-state index in [0.717, 1.165) is 12.8 Å². The maximum absolute atomic E-state index is 12.3. The predicted molar refractivity (Wildman–Crippen MR) is 81.8 cm³/mol. The highest BCUT2D eigenvalue weighted by Gasteiger charge is 2.29. The zero-order valence-electron chi connectivity index (χ0n) is 13.8. The van der Waals surface area contributed by atoms with E-state index in [-0.39, 0.29) is 17.9 Å². The Balaban J connectivity index is 2.53. The topological polar surface area (TPSA) is 84.7 Å². The van der Waals surface area contributed by atoms with Crippen LogP contribution in [-0.4, -0.2) is 47.7 Å². The van der Waals surface area contributed by atoms with Gasteiger partial charge >= 0.3 is 6.09 Å². The van der Waals surface area contributed by atoms with E-state index < -0.39 is 17.7 Å². The van der Waals surface area contributed by atoms with Crippen LogP contribution >= 0.6 is 0 Å². The molecule has 1 heterocycles. The Morgan fingerprint density at radius 1 is 1.33 bits per heavy atom. The third kappa shape index (κ3) is 5.91. The van der Waals surface area contributed by atoms with Gasteiger partial charge in [-0.25, -0.2) is 4.79 Å². The number of hydrogen-bond donors (Lipinski definition) is 2. The van der Waals surface area contributed by atoms with Gasteiger partial charge in [0, 0.05) is 19.1 Å². The van der Waals surface area contributed by atoms with Gasteiger partial charge in [0.2, 0.25) is 5.91 Å². The number of piperidine rings is 1. The summed E-state index contributed by atoms with van der Waals surface area (Å²) in [5, 5.41) is 2.83. The van der Waals surface area contributed by atoms with Crippen LogP contribution in [0, 0.1) is 5.92 Å². The summed E-state index contributed by atoms with van der Waals surface area (Å²) in [5.74, 6) is 0.0670. The molecule has 0 bridgehead atoms. The zero-order valence-corrected chi connectivity index (χ0v) is 13.8. The summed E-state index contributed by atoms with van der Waals surface area (Å²) in [6, 6.07) is -0.554. The number of likely N-dealkylation sites (tertiary alicyclic amines) is 1. The highest BCUT2D eigenvalue weighted by atomic mass is 16.6. The number of nitrogens with one attached hydrogen (secondary N) is 1. The molecule has 1 fully saturated rings. The molecule has 6 nitrogen and oxygen atoms in total. The fourth-order valence-electron chi connectivity index (χ4n) is 2.27. The molecule has 1 rings (SSSR count). The molecule has 1 aliphatic rings. The van der Waals surface area contributed by atoms with E-state index in [0.29, 0.717) is 13.1 Å². The van der Waals surface area contributed by atoms with Gasteiger partial charge in [0.25, 0.3) is 0 Å². The third-order valence-electron chi connectivity index (χ3n) is 3.46. The summed E-state index contributed by atoms with van der Waals surface area (Å²) in [5.41, 5.74) is 5.40. The first-order valence-electron chi connectivity index (χ1n) is 7.64. The van der Waals surface area contributed by atoms with Gasteiger partial charge in [-0.2, -0.15) is 0 Å². The molecule has 0 unspecified atom stereocenters. The van der Waals surface area contributed by atoms with Crippen molar-refractivity contribution >= 4 is 12.0 Å². The van der Waals surface area contributed by atoms with E-state index in [9.17, 15) is 9.59 Å². The molecule has 1 aliphatic heterocycles. The van der Waals surface area contributed by atoms with Crippen molar-refractivity contribution in [1.29, 1.82) is 0 Å². The molecule has 122 valence electrons. The van der Waals surface area contributed by atoms with Gasteiger partial charge in [-0.3, -0.25) is 4.79 Å². The van der Waals surface area contributed by atoms with Crippen molar-refractivity contribution in [2.75, 3.05) is 13.1 Å². The van der Waals surface area contributed by atoms with Crippen LogP contribution in [0.5, 0.6) is 0 Å². The molecule has 6 heteroatoms. The molecule has 2 amide bonds. The predicted octanol–water partition coefficient (Wildman–Crippen LogP) is 1.49. The van der Waals surface area contributed by atoms with Crippen molar-refractivity contribution in [2.24, 2.45) is 11.7 Å². The van der Waals surface area contributed by atoms with Crippen molar-refractivity contribution in [1.82, 2.24) is 10.2 Å². The second kappa shape index (κ2) is 7.11. The van der Waals surface area contributed by atoms with Gasteiger partial charge in [0.15, 0.2) is 0 Å². The lowest BCUT2D eigenvalue weighted by atomic mass is 10.0. The van der Waals surface area contributed by atoms with Crippen molar-refractivity contribution < 1.29 is 14.3 Å². The number of ether oxygens (including phenoxy) is 1. The number of carbonyl (C=O) groups excluding carboxylic acids is 2. The normalized spacial score (nSPS) is 21.1. The minimum absolute atomic E-state index is 0.0410. The minimum Gasteiger partial charge on any atom is -0.444 e. The monoisotopic (exact) mass is 299 g/mol. The van der Waals surface area contributed by atoms with E-state index in [4.69, 9.17) is 10.5 Å². The van der Waals surface area contributed by atoms with Crippen LogP contribution in [0.1, 0.15) is 47.5 Å². The van der Waals surface area contributed by atoms with Crippen LogP contribution in [0.15, 0.2) is 0 Å². The maximum atomic E-state index is 12.3. The lowest BCUT2D eigenvalue weighted by molar-refractivity contribution is -0.134. The molecule has 0 aromatic rings. The molecule has 0 radical (unpaired) electrons. The van der Waals surface area contributed by atoms with Crippen LogP contribution in [0.4, 0.5) is 4.79 Å². The Morgan fingerprint density at radius 3 is 2.48 bits per heavy atom. The lowest BCUT2D eigenvalue weighted by Crippen LogP contribution is -2.54. The summed E-state index contributed by atoms with van der Waals surface area (Å²) in [7, 11) is 0. The molecule has 21 heavy (non-hydrogen) atoms. The Hall–Kier alpha value is -1.30. The zero-order chi connectivity index (χ0) is 16.2. The smallest absolute Gasteiger partial charge is 0.407 e. The molecule has 2 atom stereocenters. The molecule has 0 spiro atoms. The van der Waals surface area contributed by atoms with Crippen molar-refractivity contribution in [3.63, 3.8) is 0 Å². The first-order valence-corrected chi connectivity index (χ1v) is 7.64. The molecule has 0 aromatic heterocycles. The number of amides is 2. The Kier molecular flexibility index (Phi) is 6.01. The van der Waals surface area contributed by atoms with Crippen LogP contribution in [0.25, 0.3) is 0 Å². The third-order valence-corrected chi connectivity index (χ3v) is 3.46. The number of nitrogens with zero attached hydrogens (tertiary/aromatic N) is 1. The molecule has 3 N–H and O–H groups in total. The van der Waals surface area contributed by atoms with Gasteiger partial charge in [-0.1, -0.05) is 13.8 Å². The summed E-state index contributed by atoms with van der Waals surface area (Å²) in [4.78, 5) is 25.8. The standard InChI is InChI=1S/C15H29N3O3/c1-10(2)12(16)13(19)18-8-6-7-11(9-18)17-14(20)21-15(3,4)5/h10-12H,6-9,16H2,1-5H3,(H,17,20)/t11-,12-/m0/s1. The van der Waals surface area contributed by atoms with E-state index in [2.05, 4.69) is 5.32 Å². The van der Waals surface area contributed by atoms with E-state index >= 15 is 0 Å². The van der Waals surface area contributed by atoms with Gasteiger partial charge in [0.05, 0.1) is 6.04 Å². The van der Waals surface area contributed by atoms with E-state index in [1.54, 1.807) is 4.90 Å². The molecule has 0 saturated carbocycles. The van der Waals surface area contributed by atoms with E-state index in [1.165, 1.54) is 0 Å². The average molecular weight is 299 g/mol. The lowest BCUT2D eigenvalue weighted by Gasteiger charge is -2.35. The second-order valence-corrected chi connectivity index (χ2v) is 7.04. The van der Waals surface area contributed by atoms with Crippen LogP contribution in [-0.2, 0) is 9.53 Å². The van der Waals surface area contributed by atoms with Gasteiger partial charge in [0.1, 0.15) is 5.60 Å². The van der Waals surface area contributed by atoms with Gasteiger partial charge < -0.3 is 20.7 Å². The average Bonchev–Trinajstić information content (AvgIpc) is 2.34. The summed E-state index contributed by atoms with van der Waals surface area (Å²) in [6.07, 6.45) is 1.27. The van der Waals surface area contributed by atoms with E-state index in [1.807, 2.05) is 34.6 Å². The maximum Gasteiger partial charge on any atom is 0.407 e. The fraction of sp³-hybridized carbons (Fsp3) is 0.867. The quantitative estimate of drug-likeness (QED) is 0.827. The van der Waals surface area contributed by atoms with Gasteiger partial charge in [-0.15, -0.1) is 0 Å². The highest BCUT2D eigenvalue weighted by molar-refractivity contribution is 5.82. The Bertz CT molecular complexity index is 377. The SMILES string of the molecule is CC(C)[C@H](N)C(=O)N1CCC[C@H](NC(=O)OC(C)(C)C)C1. The van der Waals surface area contributed by atoms with Crippen molar-refractivity contribution in [3.05, 3.63) is 0 Å². The second-order valence-electron chi connectivity index (χ2n) is 7.04. The largest absolute Gasteiger partial charge is 0.444 e. The van der Waals surface area contributed by atoms with Crippen LogP contribution in [0.2, 0.25) is 0 Å². The minimum atomic E-state index is -0.520. The number of carbonyl (C=O) groups is 2. The Labute approximate surface area is 127 Å². The first-order chi connectivity index (χ1) is 9.60. The van der Waals surface area contributed by atoms with Gasteiger partial charge in [-0.05, 0) is 39.5 Å².